The summed E-state index contributed by atoms with van der Waals surface area (Å²) in [4.78, 5) is 11.4. The molecule has 4 nitrogen and oxygen atoms in total. The number of rotatable bonds is 6. The number of ether oxygens (including phenoxy) is 1. The molecular formula is C14H22N2O2. The molecule has 1 aromatic carbocycles. The van der Waals surface area contributed by atoms with Gasteiger partial charge in [0, 0.05) is 12.6 Å². The highest BCUT2D eigenvalue weighted by Crippen LogP contribution is 2.18. The van der Waals surface area contributed by atoms with Gasteiger partial charge >= 0.3 is 0 Å². The van der Waals surface area contributed by atoms with Crippen LogP contribution in [0.2, 0.25) is 0 Å². The highest BCUT2D eigenvalue weighted by molar-refractivity contribution is 5.78. The van der Waals surface area contributed by atoms with Crippen LogP contribution in [-0.2, 0) is 11.3 Å². The maximum absolute atomic E-state index is 11.4. The van der Waals surface area contributed by atoms with Crippen LogP contribution in [0.5, 0.6) is 5.75 Å². The zero-order valence-corrected chi connectivity index (χ0v) is 11.5. The molecule has 0 spiro atoms. The molecule has 0 saturated carbocycles. The zero-order chi connectivity index (χ0) is 13.5. The first-order valence-electron chi connectivity index (χ1n) is 6.16. The molecule has 18 heavy (non-hydrogen) atoms. The lowest BCUT2D eigenvalue weighted by Crippen LogP contribution is -2.37. The fraction of sp³-hybridized carbons (Fsp3) is 0.500. The van der Waals surface area contributed by atoms with Crippen molar-refractivity contribution in [1.82, 2.24) is 10.6 Å². The normalized spacial score (nSPS) is 10.5. The van der Waals surface area contributed by atoms with E-state index >= 15 is 0 Å². The zero-order valence-electron chi connectivity index (χ0n) is 11.5. The standard InChI is InChI=1S/C14H22N2O2/c1-10(2)16-14(17)9-15-8-12-5-6-13(18-4)11(3)7-12/h5-7,10,15H,8-9H2,1-4H3,(H,16,17). The number of hydrogen-bond donors (Lipinski definition) is 2. The van der Waals surface area contributed by atoms with Crippen molar-refractivity contribution in [3.05, 3.63) is 29.3 Å². The van der Waals surface area contributed by atoms with Crippen LogP contribution in [0.15, 0.2) is 18.2 Å². The van der Waals surface area contributed by atoms with E-state index in [0.29, 0.717) is 13.1 Å². The van der Waals surface area contributed by atoms with Crippen molar-refractivity contribution in [3.8, 4) is 5.75 Å². The van der Waals surface area contributed by atoms with Gasteiger partial charge in [0.2, 0.25) is 5.91 Å². The molecule has 0 fully saturated rings. The van der Waals surface area contributed by atoms with E-state index < -0.39 is 0 Å². The van der Waals surface area contributed by atoms with Crippen LogP contribution < -0.4 is 15.4 Å². The summed E-state index contributed by atoms with van der Waals surface area (Å²) in [7, 11) is 1.66. The maximum atomic E-state index is 11.4. The van der Waals surface area contributed by atoms with Gasteiger partial charge in [-0.15, -0.1) is 0 Å². The predicted molar refractivity (Wildman–Crippen MR) is 72.7 cm³/mol. The van der Waals surface area contributed by atoms with Gasteiger partial charge < -0.3 is 15.4 Å². The molecule has 0 unspecified atom stereocenters. The second-order valence-corrected chi connectivity index (χ2v) is 4.63. The number of amides is 1. The molecule has 0 aliphatic rings. The van der Waals surface area contributed by atoms with Gasteiger partial charge in [-0.2, -0.15) is 0 Å². The second-order valence-electron chi connectivity index (χ2n) is 4.63. The van der Waals surface area contributed by atoms with E-state index in [4.69, 9.17) is 4.74 Å². The Morgan fingerprint density at radius 1 is 1.39 bits per heavy atom. The van der Waals surface area contributed by atoms with E-state index in [9.17, 15) is 4.79 Å². The second kappa shape index (κ2) is 7.01. The van der Waals surface area contributed by atoms with Gasteiger partial charge in [0.1, 0.15) is 5.75 Å². The minimum Gasteiger partial charge on any atom is -0.496 e. The first-order valence-corrected chi connectivity index (χ1v) is 6.16. The molecule has 0 heterocycles. The minimum absolute atomic E-state index is 0.0234. The number of carbonyl (C=O) groups is 1. The number of carbonyl (C=O) groups excluding carboxylic acids is 1. The molecule has 0 aliphatic carbocycles. The summed E-state index contributed by atoms with van der Waals surface area (Å²) in [6.45, 7) is 6.92. The Morgan fingerprint density at radius 2 is 2.11 bits per heavy atom. The minimum atomic E-state index is 0.0234. The summed E-state index contributed by atoms with van der Waals surface area (Å²) in [5.41, 5.74) is 2.24. The van der Waals surface area contributed by atoms with Gasteiger partial charge in [-0.05, 0) is 38.0 Å². The van der Waals surface area contributed by atoms with E-state index in [0.717, 1.165) is 16.9 Å². The molecule has 1 rings (SSSR count). The van der Waals surface area contributed by atoms with E-state index in [1.165, 1.54) is 0 Å². The average Bonchev–Trinajstić information content (AvgIpc) is 2.28. The largest absolute Gasteiger partial charge is 0.496 e. The summed E-state index contributed by atoms with van der Waals surface area (Å²) < 4.78 is 5.20. The summed E-state index contributed by atoms with van der Waals surface area (Å²) in [6.07, 6.45) is 0. The molecule has 2 N–H and O–H groups in total. The Hall–Kier alpha value is -1.55. The van der Waals surface area contributed by atoms with Crippen LogP contribution >= 0.6 is 0 Å². The van der Waals surface area contributed by atoms with Crippen molar-refractivity contribution in [2.75, 3.05) is 13.7 Å². The van der Waals surface area contributed by atoms with Crippen LogP contribution in [-0.4, -0.2) is 25.6 Å². The lowest BCUT2D eigenvalue weighted by atomic mass is 10.1. The molecule has 1 aromatic rings. The third-order valence-electron chi connectivity index (χ3n) is 2.52. The van der Waals surface area contributed by atoms with Gasteiger partial charge in [0.25, 0.3) is 0 Å². The first kappa shape index (κ1) is 14.5. The molecule has 0 bridgehead atoms. The molecule has 4 heteroatoms. The summed E-state index contributed by atoms with van der Waals surface area (Å²) >= 11 is 0. The molecule has 0 atom stereocenters. The Kier molecular flexibility index (Phi) is 5.65. The van der Waals surface area contributed by atoms with Crippen molar-refractivity contribution >= 4 is 5.91 Å². The molecule has 100 valence electrons. The smallest absolute Gasteiger partial charge is 0.234 e. The Labute approximate surface area is 109 Å². The van der Waals surface area contributed by atoms with E-state index in [1.807, 2.05) is 32.9 Å². The van der Waals surface area contributed by atoms with Gasteiger partial charge in [-0.3, -0.25) is 4.79 Å². The SMILES string of the molecule is COc1ccc(CNCC(=O)NC(C)C)cc1C. The predicted octanol–water partition coefficient (Wildman–Crippen LogP) is 1.62. The number of hydrogen-bond acceptors (Lipinski definition) is 3. The maximum Gasteiger partial charge on any atom is 0.234 e. The van der Waals surface area contributed by atoms with Crippen LogP contribution in [0.3, 0.4) is 0 Å². The number of methoxy groups -OCH3 is 1. The first-order chi connectivity index (χ1) is 8.52. The summed E-state index contributed by atoms with van der Waals surface area (Å²) in [5.74, 6) is 0.909. The van der Waals surface area contributed by atoms with Gasteiger partial charge in [-0.1, -0.05) is 12.1 Å². The molecule has 1 amide bonds. The third-order valence-corrected chi connectivity index (χ3v) is 2.52. The van der Waals surface area contributed by atoms with Crippen molar-refractivity contribution in [3.63, 3.8) is 0 Å². The topological polar surface area (TPSA) is 50.4 Å². The molecule has 0 aromatic heterocycles. The Bertz CT molecular complexity index is 403. The molecule has 0 aliphatic heterocycles. The highest BCUT2D eigenvalue weighted by atomic mass is 16.5. The summed E-state index contributed by atoms with van der Waals surface area (Å²) in [6, 6.07) is 6.19. The number of benzene rings is 1. The summed E-state index contributed by atoms with van der Waals surface area (Å²) in [5, 5.41) is 5.96. The van der Waals surface area contributed by atoms with E-state index in [-0.39, 0.29) is 11.9 Å². The van der Waals surface area contributed by atoms with Crippen LogP contribution in [0, 0.1) is 6.92 Å². The monoisotopic (exact) mass is 250 g/mol. The Balaban J connectivity index is 2.40. The lowest BCUT2D eigenvalue weighted by molar-refractivity contribution is -0.120. The number of aryl methyl sites for hydroxylation is 1. The van der Waals surface area contributed by atoms with Gasteiger partial charge in [-0.25, -0.2) is 0 Å². The van der Waals surface area contributed by atoms with Gasteiger partial charge in [0.15, 0.2) is 0 Å². The van der Waals surface area contributed by atoms with Crippen LogP contribution in [0.1, 0.15) is 25.0 Å². The molecular weight excluding hydrogens is 228 g/mol. The number of nitrogens with one attached hydrogen (secondary N) is 2. The van der Waals surface area contributed by atoms with E-state index in [2.05, 4.69) is 16.7 Å². The van der Waals surface area contributed by atoms with Crippen molar-refractivity contribution in [2.45, 2.75) is 33.4 Å². The quantitative estimate of drug-likeness (QED) is 0.806. The molecule has 0 saturated heterocycles. The Morgan fingerprint density at radius 3 is 2.67 bits per heavy atom. The fourth-order valence-corrected chi connectivity index (χ4v) is 1.74. The van der Waals surface area contributed by atoms with E-state index in [1.54, 1.807) is 7.11 Å². The van der Waals surface area contributed by atoms with Crippen LogP contribution in [0.25, 0.3) is 0 Å². The fourth-order valence-electron chi connectivity index (χ4n) is 1.74. The van der Waals surface area contributed by atoms with Gasteiger partial charge in [0.05, 0.1) is 13.7 Å². The van der Waals surface area contributed by atoms with Crippen LogP contribution in [0.4, 0.5) is 0 Å². The van der Waals surface area contributed by atoms with Crippen molar-refractivity contribution in [1.29, 1.82) is 0 Å². The van der Waals surface area contributed by atoms with Crippen molar-refractivity contribution in [2.24, 2.45) is 0 Å². The lowest BCUT2D eigenvalue weighted by Gasteiger charge is -2.10. The average molecular weight is 250 g/mol. The third kappa shape index (κ3) is 4.75. The molecule has 0 radical (unpaired) electrons. The van der Waals surface area contributed by atoms with Crippen molar-refractivity contribution < 1.29 is 9.53 Å². The highest BCUT2D eigenvalue weighted by Gasteiger charge is 2.03.